The monoisotopic (exact) mass is 147 g/mol. The summed E-state index contributed by atoms with van der Waals surface area (Å²) in [7, 11) is 0. The molecule has 1 radical (unpaired) electrons. The van der Waals surface area contributed by atoms with Crippen molar-refractivity contribution in [2.75, 3.05) is 0 Å². The van der Waals surface area contributed by atoms with Crippen molar-refractivity contribution in [3.8, 4) is 0 Å². The molecule has 0 aromatic heterocycles. The lowest BCUT2D eigenvalue weighted by Gasteiger charge is -1.97. The molecule has 0 heterocycles. The van der Waals surface area contributed by atoms with E-state index in [0.29, 0.717) is 12.2 Å². The molecule has 0 atom stereocenters. The normalized spacial score (nSPS) is 8.82. The molecule has 0 aliphatic heterocycles. The first kappa shape index (κ1) is 7.66. The predicted molar refractivity (Wildman–Crippen MR) is 41.0 cm³/mol. The Morgan fingerprint density at radius 2 is 2.55 bits per heavy atom. The van der Waals surface area contributed by atoms with Crippen molar-refractivity contribution >= 4 is 11.8 Å². The number of carbonyl (C=O) groups excluding carboxylic acids is 1. The molecule has 0 aliphatic carbocycles. The maximum absolute atomic E-state index is 9.90. The van der Waals surface area contributed by atoms with E-state index in [9.17, 15) is 4.79 Å². The molecule has 2 N–H and O–H groups in total. The second kappa shape index (κ2) is 3.66. The lowest BCUT2D eigenvalue weighted by atomic mass is 10.2. The van der Waals surface area contributed by atoms with Crippen LogP contribution in [-0.2, 0) is 11.3 Å². The molecule has 3 nitrogen and oxygen atoms in total. The third-order valence-electron chi connectivity index (χ3n) is 1.32. The Bertz CT molecular complexity index is 290. The number of nitrogens with two attached hydrogens (primary N) is 1. The van der Waals surface area contributed by atoms with E-state index in [4.69, 9.17) is 5.73 Å². The van der Waals surface area contributed by atoms with Gasteiger partial charge in [-0.1, -0.05) is 12.1 Å². The molecule has 0 unspecified atom stereocenters. The average molecular weight is 147 g/mol. The van der Waals surface area contributed by atoms with Crippen LogP contribution in [0.5, 0.6) is 0 Å². The molecule has 0 amide bonds. The largest absolute Gasteiger partial charge is 0.326 e. The fourth-order valence-corrected chi connectivity index (χ4v) is 0.780. The van der Waals surface area contributed by atoms with Crippen LogP contribution in [0.25, 0.3) is 0 Å². The first-order valence-electron chi connectivity index (χ1n) is 3.15. The Morgan fingerprint density at radius 3 is 3.18 bits per heavy atom. The highest BCUT2D eigenvalue weighted by Crippen LogP contribution is 2.15. The Kier molecular flexibility index (Phi) is 2.55. The van der Waals surface area contributed by atoms with E-state index in [-0.39, 0.29) is 0 Å². The van der Waals surface area contributed by atoms with Gasteiger partial charge in [-0.2, -0.15) is 4.99 Å². The molecule has 55 valence electrons. The third-order valence-corrected chi connectivity index (χ3v) is 1.32. The topological polar surface area (TPSA) is 55.4 Å². The second-order valence-electron chi connectivity index (χ2n) is 1.96. The van der Waals surface area contributed by atoms with E-state index < -0.39 is 0 Å². The predicted octanol–water partition coefficient (Wildman–Crippen LogP) is 0.913. The Labute approximate surface area is 64.6 Å². The molecule has 0 saturated heterocycles. The van der Waals surface area contributed by atoms with Gasteiger partial charge >= 0.3 is 0 Å². The second-order valence-corrected chi connectivity index (χ2v) is 1.96. The molecule has 3 heteroatoms. The zero-order valence-corrected chi connectivity index (χ0v) is 5.87. The first-order chi connectivity index (χ1) is 5.38. The molecule has 1 aromatic rings. The zero-order chi connectivity index (χ0) is 8.10. The zero-order valence-electron chi connectivity index (χ0n) is 5.87. The number of rotatable bonds is 2. The van der Waals surface area contributed by atoms with Gasteiger partial charge in [0.2, 0.25) is 6.08 Å². The van der Waals surface area contributed by atoms with E-state index in [0.717, 1.165) is 5.56 Å². The maximum atomic E-state index is 9.90. The van der Waals surface area contributed by atoms with Gasteiger partial charge < -0.3 is 5.73 Å². The van der Waals surface area contributed by atoms with Gasteiger partial charge in [0.05, 0.1) is 5.69 Å². The third kappa shape index (κ3) is 1.74. The lowest BCUT2D eigenvalue weighted by molar-refractivity contribution is 0.565. The number of nitrogens with zero attached hydrogens (tertiary/aromatic N) is 1. The minimum absolute atomic E-state index is 0.370. The van der Waals surface area contributed by atoms with Crippen LogP contribution in [0.3, 0.4) is 0 Å². The standard InChI is InChI=1S/C8H7N2O/c9-5-7-3-1-2-4-8(7)10-6-11/h1,3-4H,5,9H2. The summed E-state index contributed by atoms with van der Waals surface area (Å²) in [6.07, 6.45) is 1.46. The molecule has 11 heavy (non-hydrogen) atoms. The van der Waals surface area contributed by atoms with Crippen molar-refractivity contribution in [2.45, 2.75) is 6.54 Å². The van der Waals surface area contributed by atoms with E-state index in [1.165, 1.54) is 6.08 Å². The molecule has 0 fully saturated rings. The fourth-order valence-electron chi connectivity index (χ4n) is 0.780. The Balaban J connectivity index is 3.11. The molecule has 0 aliphatic rings. The van der Waals surface area contributed by atoms with Crippen molar-refractivity contribution in [3.63, 3.8) is 0 Å². The van der Waals surface area contributed by atoms with E-state index in [1.54, 1.807) is 18.2 Å². The Morgan fingerprint density at radius 1 is 1.73 bits per heavy atom. The summed E-state index contributed by atoms with van der Waals surface area (Å²) in [6.45, 7) is 0.370. The van der Waals surface area contributed by atoms with Gasteiger partial charge in [0.1, 0.15) is 0 Å². The SMILES string of the molecule is NCc1cc[c]cc1N=C=O. The number of hydrogen-bond donors (Lipinski definition) is 1. The van der Waals surface area contributed by atoms with Crippen molar-refractivity contribution in [1.82, 2.24) is 0 Å². The summed E-state index contributed by atoms with van der Waals surface area (Å²) < 4.78 is 0. The minimum Gasteiger partial charge on any atom is -0.326 e. The van der Waals surface area contributed by atoms with Gasteiger partial charge in [0.25, 0.3) is 0 Å². The smallest absolute Gasteiger partial charge is 0.240 e. The van der Waals surface area contributed by atoms with E-state index in [2.05, 4.69) is 11.1 Å². The summed E-state index contributed by atoms with van der Waals surface area (Å²) in [4.78, 5) is 13.4. The first-order valence-corrected chi connectivity index (χ1v) is 3.15. The van der Waals surface area contributed by atoms with Crippen LogP contribution in [0.15, 0.2) is 23.2 Å². The molecular weight excluding hydrogens is 140 g/mol. The fraction of sp³-hybridized carbons (Fsp3) is 0.125. The summed E-state index contributed by atoms with van der Waals surface area (Å²) in [6, 6.07) is 7.90. The highest BCUT2D eigenvalue weighted by molar-refractivity contribution is 5.53. The van der Waals surface area contributed by atoms with Crippen LogP contribution in [0.4, 0.5) is 5.69 Å². The number of hydrogen-bond acceptors (Lipinski definition) is 3. The van der Waals surface area contributed by atoms with Gasteiger partial charge in [-0.15, -0.1) is 0 Å². The Hall–Kier alpha value is -1.44. The quantitative estimate of drug-likeness (QED) is 0.499. The summed E-state index contributed by atoms with van der Waals surface area (Å²) in [5, 5.41) is 0. The molecule has 0 spiro atoms. The van der Waals surface area contributed by atoms with Gasteiger partial charge in [-0.3, -0.25) is 0 Å². The molecule has 0 bridgehead atoms. The molecule has 1 aromatic carbocycles. The van der Waals surface area contributed by atoms with Gasteiger partial charge in [-0.05, 0) is 17.7 Å². The summed E-state index contributed by atoms with van der Waals surface area (Å²) >= 11 is 0. The van der Waals surface area contributed by atoms with Crippen molar-refractivity contribution < 1.29 is 4.79 Å². The summed E-state index contributed by atoms with van der Waals surface area (Å²) in [5.74, 6) is 0. The van der Waals surface area contributed by atoms with Crippen molar-refractivity contribution in [1.29, 1.82) is 0 Å². The minimum atomic E-state index is 0.370. The average Bonchev–Trinajstić information content (AvgIpc) is 2.06. The maximum Gasteiger partial charge on any atom is 0.240 e. The number of isocyanates is 1. The van der Waals surface area contributed by atoms with E-state index in [1.807, 2.05) is 0 Å². The highest BCUT2D eigenvalue weighted by atomic mass is 16.1. The summed E-state index contributed by atoms with van der Waals surface area (Å²) in [5.41, 5.74) is 6.75. The van der Waals surface area contributed by atoms with Crippen LogP contribution >= 0.6 is 0 Å². The lowest BCUT2D eigenvalue weighted by Crippen LogP contribution is -1.95. The van der Waals surface area contributed by atoms with E-state index >= 15 is 0 Å². The number of aliphatic imine (C=N–C) groups is 1. The molecular formula is C8H7N2O. The number of benzene rings is 1. The van der Waals surface area contributed by atoms with Gasteiger partial charge in [0.15, 0.2) is 0 Å². The van der Waals surface area contributed by atoms with Crippen molar-refractivity contribution in [3.05, 3.63) is 29.8 Å². The van der Waals surface area contributed by atoms with Crippen LogP contribution in [0, 0.1) is 6.07 Å². The van der Waals surface area contributed by atoms with Crippen LogP contribution < -0.4 is 5.73 Å². The molecule has 0 saturated carbocycles. The van der Waals surface area contributed by atoms with Crippen LogP contribution in [0.1, 0.15) is 5.56 Å². The van der Waals surface area contributed by atoms with Gasteiger partial charge in [0, 0.05) is 6.54 Å². The van der Waals surface area contributed by atoms with Crippen LogP contribution in [-0.4, -0.2) is 6.08 Å². The molecule has 1 rings (SSSR count). The van der Waals surface area contributed by atoms with Crippen molar-refractivity contribution in [2.24, 2.45) is 10.7 Å². The van der Waals surface area contributed by atoms with Crippen LogP contribution in [0.2, 0.25) is 0 Å². The van der Waals surface area contributed by atoms with Gasteiger partial charge in [-0.25, -0.2) is 4.79 Å². The highest BCUT2D eigenvalue weighted by Gasteiger charge is 1.95.